The first-order valence-electron chi connectivity index (χ1n) is 9.87. The van der Waals surface area contributed by atoms with Crippen LogP contribution in [0.1, 0.15) is 47.5 Å². The monoisotopic (exact) mass is 402 g/mol. The maximum absolute atomic E-state index is 13.4. The smallest absolute Gasteiger partial charge is 0.265 e. The average molecular weight is 402 g/mol. The Labute approximate surface area is 174 Å². The van der Waals surface area contributed by atoms with Gasteiger partial charge in [-0.25, -0.2) is 4.90 Å². The van der Waals surface area contributed by atoms with Crippen molar-refractivity contribution in [2.45, 2.75) is 25.8 Å². The first-order chi connectivity index (χ1) is 14.6. The highest BCUT2D eigenvalue weighted by Gasteiger charge is 2.38. The first-order valence-corrected chi connectivity index (χ1v) is 9.87. The Morgan fingerprint density at radius 1 is 1.10 bits per heavy atom. The maximum Gasteiger partial charge on any atom is 0.265 e. The second-order valence-corrected chi connectivity index (χ2v) is 6.96. The lowest BCUT2D eigenvalue weighted by Gasteiger charge is -2.31. The molecule has 0 spiro atoms. The van der Waals surface area contributed by atoms with Gasteiger partial charge in [-0.15, -0.1) is 0 Å². The molecule has 30 heavy (non-hydrogen) atoms. The van der Waals surface area contributed by atoms with Gasteiger partial charge in [-0.3, -0.25) is 14.6 Å². The van der Waals surface area contributed by atoms with Crippen LogP contribution in [-0.2, 0) is 4.79 Å². The molecule has 6 nitrogen and oxygen atoms in total. The van der Waals surface area contributed by atoms with Crippen LogP contribution in [0.5, 0.6) is 5.75 Å². The predicted molar refractivity (Wildman–Crippen MR) is 114 cm³/mol. The fraction of sp³-hybridized carbons (Fsp3) is 0.208. The molecule has 0 fully saturated rings. The molecule has 2 amide bonds. The van der Waals surface area contributed by atoms with Crippen molar-refractivity contribution < 1.29 is 18.7 Å². The van der Waals surface area contributed by atoms with Gasteiger partial charge in [0.05, 0.1) is 24.5 Å². The van der Waals surface area contributed by atoms with Gasteiger partial charge >= 0.3 is 0 Å². The van der Waals surface area contributed by atoms with Gasteiger partial charge in [-0.2, -0.15) is 0 Å². The number of carbonyl (C=O) groups is 2. The number of aliphatic imine (C=N–C) groups is 1. The van der Waals surface area contributed by atoms with E-state index in [4.69, 9.17) is 9.15 Å². The van der Waals surface area contributed by atoms with Crippen molar-refractivity contribution in [1.82, 2.24) is 0 Å². The molecule has 0 bridgehead atoms. The van der Waals surface area contributed by atoms with E-state index in [9.17, 15) is 9.59 Å². The lowest BCUT2D eigenvalue weighted by molar-refractivity contribution is -0.118. The van der Waals surface area contributed by atoms with Crippen molar-refractivity contribution in [3.63, 3.8) is 0 Å². The molecule has 0 saturated carbocycles. The highest BCUT2D eigenvalue weighted by molar-refractivity contribution is 6.29. The van der Waals surface area contributed by atoms with Crippen LogP contribution in [0, 0.1) is 0 Å². The summed E-state index contributed by atoms with van der Waals surface area (Å²) in [6.07, 6.45) is 3.21. The van der Waals surface area contributed by atoms with E-state index in [1.165, 1.54) is 4.90 Å². The molecule has 0 unspecified atom stereocenters. The van der Waals surface area contributed by atoms with Crippen molar-refractivity contribution in [2.75, 3.05) is 11.5 Å². The molecule has 0 N–H and O–H groups in total. The van der Waals surface area contributed by atoms with Crippen LogP contribution in [0.3, 0.4) is 0 Å². The van der Waals surface area contributed by atoms with E-state index >= 15 is 0 Å². The quantitative estimate of drug-likeness (QED) is 0.439. The molecule has 2 atom stereocenters. The van der Waals surface area contributed by atoms with Gasteiger partial charge in [0.25, 0.3) is 5.91 Å². The average Bonchev–Trinajstić information content (AvgIpc) is 3.30. The van der Waals surface area contributed by atoms with E-state index < -0.39 is 5.92 Å². The van der Waals surface area contributed by atoms with Crippen molar-refractivity contribution in [2.24, 2.45) is 4.99 Å². The second-order valence-electron chi connectivity index (χ2n) is 6.96. The van der Waals surface area contributed by atoms with Crippen LogP contribution < -0.4 is 9.64 Å². The van der Waals surface area contributed by atoms with Crippen LogP contribution >= 0.6 is 0 Å². The minimum absolute atomic E-state index is 0.239. The lowest BCUT2D eigenvalue weighted by atomic mass is 9.88. The standard InChI is InChI=1S/C24H22N2O4/c1-3-29-18-12-10-17(11-13-18)26-23(27)20-8-5-4-7-19(20)21(24(26)28)15-25-16(2)22-9-6-14-30-22/h4-16,21H,3H2,1-2H3/t16-,21+/m0/s1. The summed E-state index contributed by atoms with van der Waals surface area (Å²) in [7, 11) is 0. The normalized spacial score (nSPS) is 17.3. The number of imide groups is 1. The zero-order valence-corrected chi connectivity index (χ0v) is 16.8. The van der Waals surface area contributed by atoms with Crippen LogP contribution in [0.25, 0.3) is 0 Å². The van der Waals surface area contributed by atoms with Crippen molar-refractivity contribution >= 4 is 23.7 Å². The summed E-state index contributed by atoms with van der Waals surface area (Å²) < 4.78 is 10.9. The van der Waals surface area contributed by atoms with Crippen molar-refractivity contribution in [3.05, 3.63) is 83.8 Å². The Morgan fingerprint density at radius 2 is 1.87 bits per heavy atom. The third kappa shape index (κ3) is 3.64. The molecule has 4 rings (SSSR count). The van der Waals surface area contributed by atoms with Gasteiger partial charge in [0.15, 0.2) is 0 Å². The van der Waals surface area contributed by atoms with Crippen LogP contribution in [-0.4, -0.2) is 24.6 Å². The fourth-order valence-corrected chi connectivity index (χ4v) is 3.52. The molecule has 3 aromatic rings. The number of hydrogen-bond donors (Lipinski definition) is 0. The zero-order valence-electron chi connectivity index (χ0n) is 16.8. The number of anilines is 1. The topological polar surface area (TPSA) is 72.1 Å². The van der Waals surface area contributed by atoms with Crippen LogP contribution in [0.15, 0.2) is 76.3 Å². The summed E-state index contributed by atoms with van der Waals surface area (Å²) in [6, 6.07) is 17.5. The number of benzene rings is 2. The van der Waals surface area contributed by atoms with E-state index in [2.05, 4.69) is 4.99 Å². The Balaban J connectivity index is 1.70. The Kier molecular flexibility index (Phi) is 5.48. The largest absolute Gasteiger partial charge is 0.494 e. The summed E-state index contributed by atoms with van der Waals surface area (Å²) in [5.41, 5.74) is 1.65. The number of hydrogen-bond acceptors (Lipinski definition) is 5. The SMILES string of the molecule is CCOc1ccc(N2C(=O)c3ccccc3[C@@H](C=N[C@@H](C)c3ccco3)C2=O)cc1. The Hall–Kier alpha value is -3.67. The summed E-state index contributed by atoms with van der Waals surface area (Å²) in [6.45, 7) is 4.33. The number of rotatable bonds is 6. The fourth-order valence-electron chi connectivity index (χ4n) is 3.52. The highest BCUT2D eigenvalue weighted by Crippen LogP contribution is 2.33. The van der Waals surface area contributed by atoms with E-state index in [-0.39, 0.29) is 17.9 Å². The molecule has 1 aliphatic heterocycles. The lowest BCUT2D eigenvalue weighted by Crippen LogP contribution is -2.45. The zero-order chi connectivity index (χ0) is 21.1. The van der Waals surface area contributed by atoms with Gasteiger partial charge in [0.1, 0.15) is 17.6 Å². The number of amides is 2. The molecule has 6 heteroatoms. The molecule has 1 aromatic heterocycles. The predicted octanol–water partition coefficient (Wildman–Crippen LogP) is 4.78. The van der Waals surface area contributed by atoms with Crippen LogP contribution in [0.4, 0.5) is 5.69 Å². The van der Waals surface area contributed by atoms with Gasteiger partial charge in [-0.1, -0.05) is 18.2 Å². The minimum atomic E-state index is -0.664. The number of ether oxygens (including phenoxy) is 1. The highest BCUT2D eigenvalue weighted by atomic mass is 16.5. The summed E-state index contributed by atoms with van der Waals surface area (Å²) in [5.74, 6) is 0.0517. The van der Waals surface area contributed by atoms with Gasteiger partial charge in [0.2, 0.25) is 5.91 Å². The third-order valence-electron chi connectivity index (χ3n) is 5.04. The molecular formula is C24H22N2O4. The van der Waals surface area contributed by atoms with E-state index in [0.717, 1.165) is 0 Å². The van der Waals surface area contributed by atoms with E-state index in [1.807, 2.05) is 26.0 Å². The van der Waals surface area contributed by atoms with Crippen molar-refractivity contribution in [3.8, 4) is 5.75 Å². The first kappa shape index (κ1) is 19.6. The van der Waals surface area contributed by atoms with Gasteiger partial charge in [-0.05, 0) is 61.9 Å². The van der Waals surface area contributed by atoms with Gasteiger partial charge < -0.3 is 9.15 Å². The molecule has 2 heterocycles. The maximum atomic E-state index is 13.4. The molecule has 0 radical (unpaired) electrons. The Bertz CT molecular complexity index is 1070. The van der Waals surface area contributed by atoms with Crippen LogP contribution in [0.2, 0.25) is 0 Å². The number of nitrogens with zero attached hydrogens (tertiary/aromatic N) is 2. The summed E-state index contributed by atoms with van der Waals surface area (Å²) in [5, 5.41) is 0. The number of furan rings is 1. The van der Waals surface area contributed by atoms with Gasteiger partial charge in [0, 0.05) is 11.8 Å². The summed E-state index contributed by atoms with van der Waals surface area (Å²) in [4.78, 5) is 32.2. The molecule has 1 aliphatic rings. The number of carbonyl (C=O) groups excluding carboxylic acids is 2. The van der Waals surface area contributed by atoms with Crippen molar-refractivity contribution in [1.29, 1.82) is 0 Å². The molecule has 2 aromatic carbocycles. The second kappa shape index (κ2) is 8.37. The summed E-state index contributed by atoms with van der Waals surface area (Å²) >= 11 is 0. The Morgan fingerprint density at radius 3 is 2.57 bits per heavy atom. The van der Waals surface area contributed by atoms with E-state index in [0.29, 0.717) is 34.9 Å². The minimum Gasteiger partial charge on any atom is -0.494 e. The third-order valence-corrected chi connectivity index (χ3v) is 5.04. The molecule has 0 saturated heterocycles. The molecular weight excluding hydrogens is 380 g/mol. The molecule has 0 aliphatic carbocycles. The molecule has 152 valence electrons. The van der Waals surface area contributed by atoms with E-state index in [1.54, 1.807) is 61.0 Å². The number of fused-ring (bicyclic) bond motifs is 1.